The number of amides is 2. The molecular formula is C44H66N4O6. The van der Waals surface area contributed by atoms with E-state index in [1.807, 2.05) is 42.5 Å². The summed E-state index contributed by atoms with van der Waals surface area (Å²) in [6.07, 6.45) is 6.44. The van der Waals surface area contributed by atoms with Crippen molar-refractivity contribution < 1.29 is 29.4 Å². The summed E-state index contributed by atoms with van der Waals surface area (Å²) in [5.74, 6) is 1.68. The second-order valence-electron chi connectivity index (χ2n) is 17.8. The van der Waals surface area contributed by atoms with Gasteiger partial charge in [0.1, 0.15) is 17.9 Å². The Balaban J connectivity index is 1.21. The van der Waals surface area contributed by atoms with Crippen LogP contribution in [0.15, 0.2) is 42.5 Å². The minimum Gasteiger partial charge on any atom is -0.496 e. The van der Waals surface area contributed by atoms with Gasteiger partial charge in [-0.1, -0.05) is 77.8 Å². The Morgan fingerprint density at radius 2 is 1.76 bits per heavy atom. The predicted molar refractivity (Wildman–Crippen MR) is 212 cm³/mol. The summed E-state index contributed by atoms with van der Waals surface area (Å²) in [5.41, 5.74) is 3.33. The van der Waals surface area contributed by atoms with Crippen LogP contribution in [0.2, 0.25) is 0 Å². The van der Waals surface area contributed by atoms with E-state index in [1.165, 1.54) is 32.1 Å². The molecule has 5 aliphatic rings. The Labute approximate surface area is 323 Å². The van der Waals surface area contributed by atoms with Crippen LogP contribution in [0.5, 0.6) is 5.75 Å². The first-order valence-electron chi connectivity index (χ1n) is 20.6. The zero-order valence-corrected chi connectivity index (χ0v) is 33.7. The van der Waals surface area contributed by atoms with Crippen molar-refractivity contribution >= 4 is 11.8 Å². The Bertz CT molecular complexity index is 1590. The molecule has 2 aliphatic heterocycles. The number of carbonyl (C=O) groups is 2. The molecule has 0 spiro atoms. The maximum atomic E-state index is 14.2. The third-order valence-corrected chi connectivity index (χ3v) is 13.4. The van der Waals surface area contributed by atoms with Crippen molar-refractivity contribution in [3.05, 3.63) is 53.6 Å². The van der Waals surface area contributed by atoms with Crippen molar-refractivity contribution in [1.82, 2.24) is 20.6 Å². The van der Waals surface area contributed by atoms with E-state index in [0.29, 0.717) is 40.4 Å². The van der Waals surface area contributed by atoms with Gasteiger partial charge in [-0.2, -0.15) is 5.06 Å². The lowest BCUT2D eigenvalue weighted by molar-refractivity contribution is -0.183. The molecule has 298 valence electrons. The SMILES string of the molecule is COc1c(CN2O[C@@H](CO)[C@H]([C@H](C)O)[C@H]2C(=O)N[C@H]2C[C@@H]3C[C@@H]([C@@H]2C)C3(C)C)cccc1-c1cccc(C(=O)N[C@H](CC(C)C)CN2CCCCCC2)c1. The number of nitrogens with one attached hydrogen (secondary N) is 2. The molecule has 54 heavy (non-hydrogen) atoms. The van der Waals surface area contributed by atoms with Crippen molar-refractivity contribution in [3.8, 4) is 16.9 Å². The number of rotatable bonds is 14. The summed E-state index contributed by atoms with van der Waals surface area (Å²) < 4.78 is 6.05. The number of methoxy groups -OCH3 is 1. The van der Waals surface area contributed by atoms with Gasteiger partial charge in [0.2, 0.25) is 5.91 Å². The number of benzene rings is 2. The molecule has 2 amide bonds. The fraction of sp³-hybridized carbons (Fsp3) is 0.682. The van der Waals surface area contributed by atoms with Crippen molar-refractivity contribution in [1.29, 1.82) is 0 Å². The Hall–Kier alpha value is -3.02. The smallest absolute Gasteiger partial charge is 0.251 e. The number of likely N-dealkylation sites (tertiary alicyclic amines) is 1. The summed E-state index contributed by atoms with van der Waals surface area (Å²) in [6.45, 7) is 15.9. The first-order valence-corrected chi connectivity index (χ1v) is 20.6. The number of para-hydroxylation sites is 1. The second-order valence-corrected chi connectivity index (χ2v) is 17.8. The van der Waals surface area contributed by atoms with Gasteiger partial charge in [0, 0.05) is 41.2 Å². The van der Waals surface area contributed by atoms with Crippen LogP contribution < -0.4 is 15.4 Å². The summed E-state index contributed by atoms with van der Waals surface area (Å²) in [4.78, 5) is 36.8. The lowest BCUT2D eigenvalue weighted by atomic mass is 9.45. The molecular weight excluding hydrogens is 681 g/mol. The third kappa shape index (κ3) is 8.68. The molecule has 2 aromatic rings. The highest BCUT2D eigenvalue weighted by Gasteiger charge is 2.57. The van der Waals surface area contributed by atoms with Gasteiger partial charge in [-0.3, -0.25) is 14.4 Å². The van der Waals surface area contributed by atoms with Crippen molar-refractivity contribution in [2.75, 3.05) is 33.4 Å². The number of fused-ring (bicyclic) bond motifs is 2. The minimum absolute atomic E-state index is 0.0521. The molecule has 3 saturated carbocycles. The second kappa shape index (κ2) is 17.4. The standard InChI is InChI=1S/C44H66N4O6/c1-27(2)20-34(25-47-18-10-8-9-11-19-47)45-42(51)31-15-12-14-30(21-31)35-17-13-16-32(41(35)53-7)24-48-40(39(29(4)50)38(26-49)54-48)43(52)46-37-23-33-22-36(28(37)3)44(33,5)6/h12-17,21,27-29,33-34,36-40,49-50H,8-11,18-20,22-26H2,1-7H3,(H,45,51)(H,46,52)/t28-,29-,33-,34+,36-,37-,38-,39-,40-/m0/s1. The Morgan fingerprint density at radius 3 is 2.39 bits per heavy atom. The molecule has 9 atom stereocenters. The van der Waals surface area contributed by atoms with E-state index in [1.54, 1.807) is 19.1 Å². The van der Waals surface area contributed by atoms with Gasteiger partial charge < -0.3 is 30.5 Å². The lowest BCUT2D eigenvalue weighted by Crippen LogP contribution is -2.62. The molecule has 0 unspecified atom stereocenters. The molecule has 0 radical (unpaired) electrons. The first kappa shape index (κ1) is 40.6. The zero-order chi connectivity index (χ0) is 38.7. The van der Waals surface area contributed by atoms with Crippen LogP contribution in [0.4, 0.5) is 0 Å². The molecule has 2 saturated heterocycles. The summed E-state index contributed by atoms with van der Waals surface area (Å²) in [7, 11) is 1.62. The van der Waals surface area contributed by atoms with E-state index in [4.69, 9.17) is 9.57 Å². The predicted octanol–water partition coefficient (Wildman–Crippen LogP) is 6.04. The number of aliphatic hydroxyl groups excluding tert-OH is 2. The molecule has 4 N–H and O–H groups in total. The van der Waals surface area contributed by atoms with Crippen LogP contribution in [0, 0.1) is 35.0 Å². The fourth-order valence-electron chi connectivity index (χ4n) is 10.3. The zero-order valence-electron chi connectivity index (χ0n) is 33.7. The van der Waals surface area contributed by atoms with Crippen LogP contribution in [0.1, 0.15) is 102 Å². The van der Waals surface area contributed by atoms with Crippen LogP contribution in [0.3, 0.4) is 0 Å². The lowest BCUT2D eigenvalue weighted by Gasteiger charge is -2.62. The third-order valence-electron chi connectivity index (χ3n) is 13.4. The monoisotopic (exact) mass is 746 g/mol. The molecule has 7 rings (SSSR count). The van der Waals surface area contributed by atoms with Crippen molar-refractivity contribution in [3.63, 3.8) is 0 Å². The van der Waals surface area contributed by atoms with E-state index in [0.717, 1.165) is 49.2 Å². The minimum atomic E-state index is -0.884. The quantitative estimate of drug-likeness (QED) is 0.185. The normalized spacial score (nSPS) is 29.6. The van der Waals surface area contributed by atoms with Gasteiger partial charge in [0.15, 0.2) is 0 Å². The number of hydroxylamine groups is 2. The molecule has 2 bridgehead atoms. The number of hydrogen-bond acceptors (Lipinski definition) is 8. The van der Waals surface area contributed by atoms with Crippen molar-refractivity contribution in [2.24, 2.45) is 35.0 Å². The average molecular weight is 747 g/mol. The average Bonchev–Trinajstić information content (AvgIpc) is 3.31. The number of aliphatic hydroxyl groups is 2. The van der Waals surface area contributed by atoms with E-state index < -0.39 is 24.2 Å². The van der Waals surface area contributed by atoms with Gasteiger partial charge in [0.25, 0.3) is 5.91 Å². The van der Waals surface area contributed by atoms with E-state index in [-0.39, 0.29) is 37.0 Å². The molecule has 3 aliphatic carbocycles. The number of nitrogens with zero attached hydrogens (tertiary/aromatic N) is 2. The van der Waals surface area contributed by atoms with E-state index in [2.05, 4.69) is 50.2 Å². The van der Waals surface area contributed by atoms with Crippen LogP contribution in [-0.2, 0) is 16.2 Å². The Kier molecular flexibility index (Phi) is 13.1. The van der Waals surface area contributed by atoms with Crippen LogP contribution in [0.25, 0.3) is 11.1 Å². The molecule has 0 aromatic heterocycles. The topological polar surface area (TPSA) is 124 Å². The number of hydrogen-bond donors (Lipinski definition) is 4. The number of ether oxygens (including phenoxy) is 1. The summed E-state index contributed by atoms with van der Waals surface area (Å²) >= 11 is 0. The largest absolute Gasteiger partial charge is 0.496 e. The van der Waals surface area contributed by atoms with Crippen LogP contribution in [-0.4, -0.2) is 95.7 Å². The molecule has 10 nitrogen and oxygen atoms in total. The van der Waals surface area contributed by atoms with Gasteiger partial charge in [-0.25, -0.2) is 0 Å². The molecule has 2 heterocycles. The fourth-order valence-corrected chi connectivity index (χ4v) is 10.3. The Morgan fingerprint density at radius 1 is 1.04 bits per heavy atom. The molecule has 10 heteroatoms. The van der Waals surface area contributed by atoms with Crippen LogP contribution >= 0.6 is 0 Å². The molecule has 5 fully saturated rings. The van der Waals surface area contributed by atoms with E-state index >= 15 is 0 Å². The van der Waals surface area contributed by atoms with E-state index in [9.17, 15) is 19.8 Å². The van der Waals surface area contributed by atoms with Gasteiger partial charge in [-0.15, -0.1) is 0 Å². The first-order chi connectivity index (χ1) is 25.8. The van der Waals surface area contributed by atoms with Gasteiger partial charge in [-0.05, 0) is 98.9 Å². The maximum absolute atomic E-state index is 14.2. The summed E-state index contributed by atoms with van der Waals surface area (Å²) in [6, 6.07) is 12.8. The number of carbonyl (C=O) groups excluding carboxylic acids is 2. The maximum Gasteiger partial charge on any atom is 0.251 e. The van der Waals surface area contributed by atoms with Gasteiger partial charge >= 0.3 is 0 Å². The van der Waals surface area contributed by atoms with Crippen molar-refractivity contribution in [2.45, 2.75) is 123 Å². The summed E-state index contributed by atoms with van der Waals surface area (Å²) in [5, 5.41) is 29.6. The van der Waals surface area contributed by atoms with Gasteiger partial charge in [0.05, 0.1) is 26.4 Å². The highest BCUT2D eigenvalue weighted by molar-refractivity contribution is 5.96. The highest BCUT2D eigenvalue weighted by atomic mass is 16.7. The molecule has 2 aromatic carbocycles. The highest BCUT2D eigenvalue weighted by Crippen LogP contribution is 2.61.